The van der Waals surface area contributed by atoms with E-state index >= 15 is 0 Å². The van der Waals surface area contributed by atoms with Crippen molar-refractivity contribution in [3.63, 3.8) is 0 Å². The van der Waals surface area contributed by atoms with E-state index in [1.807, 2.05) is 6.08 Å². The van der Waals surface area contributed by atoms with Crippen molar-refractivity contribution in [2.24, 2.45) is 0 Å². The predicted octanol–water partition coefficient (Wildman–Crippen LogP) is 4.26. The zero-order valence-electron chi connectivity index (χ0n) is 12.1. The van der Waals surface area contributed by atoms with Gasteiger partial charge in [-0.2, -0.15) is 0 Å². The van der Waals surface area contributed by atoms with Gasteiger partial charge in [-0.15, -0.1) is 0 Å². The highest BCUT2D eigenvalue weighted by Crippen LogP contribution is 2.11. The first kappa shape index (κ1) is 17.7. The average molecular weight is 254 g/mol. The van der Waals surface area contributed by atoms with E-state index in [-0.39, 0.29) is 0 Å². The molecular weight excluding hydrogens is 223 g/mol. The lowest BCUT2D eigenvalue weighted by atomic mass is 9.91. The van der Waals surface area contributed by atoms with Crippen molar-refractivity contribution in [1.82, 2.24) is 0 Å². The first-order valence-electron chi connectivity index (χ1n) is 7.80. The van der Waals surface area contributed by atoms with Gasteiger partial charge in [0, 0.05) is 0 Å². The topological polar surface area (TPSA) is 40.5 Å². The van der Waals surface area contributed by atoms with Gasteiger partial charge in [0.2, 0.25) is 0 Å². The molecular formula is C15H31BO2. The molecule has 0 saturated heterocycles. The fourth-order valence-electron chi connectivity index (χ4n) is 2.14. The van der Waals surface area contributed by atoms with E-state index in [0.717, 1.165) is 6.42 Å². The fraction of sp³-hybridized carbons (Fsp3) is 0.867. The smallest absolute Gasteiger partial charge is 0.424 e. The molecule has 106 valence electrons. The number of unbranched alkanes of at least 4 members (excludes halogenated alkanes) is 11. The van der Waals surface area contributed by atoms with Crippen LogP contribution in [0.25, 0.3) is 0 Å². The molecule has 0 bridgehead atoms. The fourth-order valence-corrected chi connectivity index (χ4v) is 2.14. The standard InChI is InChI=1S/C15H31BO2/c1-2-3-4-5-6-7-8-9-10-11-12-13-14-15-16(17)18/h14-15,17-18H,2-13H2,1H3. The van der Waals surface area contributed by atoms with Crippen molar-refractivity contribution in [2.75, 3.05) is 0 Å². The van der Waals surface area contributed by atoms with Crippen molar-refractivity contribution in [2.45, 2.75) is 84.0 Å². The molecule has 0 saturated carbocycles. The first-order chi connectivity index (χ1) is 8.77. The van der Waals surface area contributed by atoms with Crippen LogP contribution >= 0.6 is 0 Å². The second-order valence-electron chi connectivity index (χ2n) is 5.17. The average Bonchev–Trinajstić information content (AvgIpc) is 2.34. The lowest BCUT2D eigenvalue weighted by Gasteiger charge is -2.01. The summed E-state index contributed by atoms with van der Waals surface area (Å²) in [6.07, 6.45) is 17.7. The minimum Gasteiger partial charge on any atom is -0.424 e. The van der Waals surface area contributed by atoms with Crippen LogP contribution in [0.15, 0.2) is 12.1 Å². The molecule has 0 aromatic heterocycles. The number of allylic oxidation sites excluding steroid dienone is 1. The maximum absolute atomic E-state index is 8.60. The number of hydrogen-bond donors (Lipinski definition) is 2. The van der Waals surface area contributed by atoms with Gasteiger partial charge in [0.05, 0.1) is 0 Å². The Labute approximate surface area is 114 Å². The van der Waals surface area contributed by atoms with E-state index in [0.29, 0.717) is 0 Å². The normalized spacial score (nSPS) is 11.3. The largest absolute Gasteiger partial charge is 0.480 e. The summed E-state index contributed by atoms with van der Waals surface area (Å²) in [6, 6.07) is 0. The zero-order chi connectivity index (χ0) is 13.5. The molecule has 0 aliphatic carbocycles. The molecule has 0 unspecified atom stereocenters. The Morgan fingerprint density at radius 3 is 1.61 bits per heavy atom. The van der Waals surface area contributed by atoms with Crippen molar-refractivity contribution in [3.05, 3.63) is 12.1 Å². The summed E-state index contributed by atoms with van der Waals surface area (Å²) in [7, 11) is -1.28. The number of hydrogen-bond acceptors (Lipinski definition) is 2. The van der Waals surface area contributed by atoms with Crippen molar-refractivity contribution >= 4 is 7.12 Å². The third kappa shape index (κ3) is 15.7. The summed E-state index contributed by atoms with van der Waals surface area (Å²) in [5, 5.41) is 17.2. The van der Waals surface area contributed by atoms with Crippen molar-refractivity contribution < 1.29 is 10.0 Å². The maximum Gasteiger partial charge on any atom is 0.480 e. The van der Waals surface area contributed by atoms with E-state index in [4.69, 9.17) is 10.0 Å². The Balaban J connectivity index is 2.99. The Kier molecular flexibility index (Phi) is 14.6. The molecule has 0 spiro atoms. The Hall–Kier alpha value is -0.275. The minimum absolute atomic E-state index is 0.967. The van der Waals surface area contributed by atoms with Crippen LogP contribution in [0.2, 0.25) is 0 Å². The highest BCUT2D eigenvalue weighted by molar-refractivity contribution is 6.47. The first-order valence-corrected chi connectivity index (χ1v) is 7.80. The Bertz CT molecular complexity index is 181. The molecule has 2 nitrogen and oxygen atoms in total. The molecule has 0 rings (SSSR count). The lowest BCUT2D eigenvalue weighted by molar-refractivity contribution is 0.424. The molecule has 0 heterocycles. The van der Waals surface area contributed by atoms with Crippen LogP contribution in [0.5, 0.6) is 0 Å². The van der Waals surface area contributed by atoms with E-state index in [1.165, 1.54) is 76.6 Å². The number of rotatable bonds is 13. The SMILES string of the molecule is CCCCCCCCCCCCCC=CB(O)O. The molecule has 2 N–H and O–H groups in total. The van der Waals surface area contributed by atoms with Crippen LogP contribution in [0.1, 0.15) is 84.0 Å². The molecule has 0 radical (unpaired) electrons. The molecule has 0 aliphatic heterocycles. The van der Waals surface area contributed by atoms with Crippen LogP contribution < -0.4 is 0 Å². The van der Waals surface area contributed by atoms with Gasteiger partial charge in [0.1, 0.15) is 0 Å². The summed E-state index contributed by atoms with van der Waals surface area (Å²) >= 11 is 0. The van der Waals surface area contributed by atoms with E-state index in [1.54, 1.807) is 0 Å². The molecule has 3 heteroatoms. The van der Waals surface area contributed by atoms with Gasteiger partial charge >= 0.3 is 7.12 Å². The highest BCUT2D eigenvalue weighted by Gasteiger charge is 1.96. The van der Waals surface area contributed by atoms with Crippen LogP contribution in [0, 0.1) is 0 Å². The molecule has 0 aromatic rings. The van der Waals surface area contributed by atoms with Gasteiger partial charge in [-0.05, 0) is 12.8 Å². The van der Waals surface area contributed by atoms with Crippen LogP contribution in [0.4, 0.5) is 0 Å². The minimum atomic E-state index is -1.28. The monoisotopic (exact) mass is 254 g/mol. The maximum atomic E-state index is 8.60. The Morgan fingerprint density at radius 1 is 0.722 bits per heavy atom. The summed E-state index contributed by atoms with van der Waals surface area (Å²) in [4.78, 5) is 0. The predicted molar refractivity (Wildman–Crippen MR) is 80.4 cm³/mol. The van der Waals surface area contributed by atoms with Gasteiger partial charge in [0.25, 0.3) is 0 Å². The zero-order valence-corrected chi connectivity index (χ0v) is 12.1. The lowest BCUT2D eigenvalue weighted by Crippen LogP contribution is -2.05. The molecule has 0 fully saturated rings. The van der Waals surface area contributed by atoms with Crippen LogP contribution in [-0.4, -0.2) is 17.2 Å². The molecule has 0 aliphatic rings. The quantitative estimate of drug-likeness (QED) is 0.381. The van der Waals surface area contributed by atoms with Gasteiger partial charge < -0.3 is 10.0 Å². The van der Waals surface area contributed by atoms with Gasteiger partial charge in [0.15, 0.2) is 0 Å². The van der Waals surface area contributed by atoms with E-state index in [2.05, 4.69) is 6.92 Å². The van der Waals surface area contributed by atoms with Crippen molar-refractivity contribution in [3.8, 4) is 0 Å². The van der Waals surface area contributed by atoms with E-state index in [9.17, 15) is 0 Å². The Morgan fingerprint density at radius 2 is 1.17 bits per heavy atom. The third-order valence-electron chi connectivity index (χ3n) is 3.28. The third-order valence-corrected chi connectivity index (χ3v) is 3.28. The molecule has 0 aromatic carbocycles. The summed E-state index contributed by atoms with van der Waals surface area (Å²) < 4.78 is 0. The van der Waals surface area contributed by atoms with Crippen LogP contribution in [0.3, 0.4) is 0 Å². The van der Waals surface area contributed by atoms with Crippen molar-refractivity contribution in [1.29, 1.82) is 0 Å². The van der Waals surface area contributed by atoms with Gasteiger partial charge in [-0.3, -0.25) is 0 Å². The van der Waals surface area contributed by atoms with Gasteiger partial charge in [-0.1, -0.05) is 83.2 Å². The second-order valence-corrected chi connectivity index (χ2v) is 5.17. The molecule has 0 amide bonds. The van der Waals surface area contributed by atoms with E-state index < -0.39 is 7.12 Å². The van der Waals surface area contributed by atoms with Gasteiger partial charge in [-0.25, -0.2) is 0 Å². The summed E-state index contributed by atoms with van der Waals surface area (Å²) in [5.41, 5.74) is 0. The summed E-state index contributed by atoms with van der Waals surface area (Å²) in [5.74, 6) is 1.44. The molecule has 18 heavy (non-hydrogen) atoms. The summed E-state index contributed by atoms with van der Waals surface area (Å²) in [6.45, 7) is 2.26. The molecule has 0 atom stereocenters. The second kappa shape index (κ2) is 14.8. The highest BCUT2D eigenvalue weighted by atomic mass is 16.4. The van der Waals surface area contributed by atoms with Crippen LogP contribution in [-0.2, 0) is 0 Å².